The predicted molar refractivity (Wildman–Crippen MR) is 123 cm³/mol. The second kappa shape index (κ2) is 12.0. The second-order valence-electron chi connectivity index (χ2n) is 7.14. The van der Waals surface area contributed by atoms with Crippen molar-refractivity contribution < 1.29 is 19.4 Å². The molecule has 0 saturated heterocycles. The largest absolute Gasteiger partial charge is 0.491 e. The van der Waals surface area contributed by atoms with Crippen molar-refractivity contribution in [1.82, 2.24) is 9.78 Å². The zero-order valence-electron chi connectivity index (χ0n) is 18.1. The van der Waals surface area contributed by atoms with E-state index >= 15 is 0 Å². The van der Waals surface area contributed by atoms with Crippen molar-refractivity contribution in [3.63, 3.8) is 0 Å². The van der Waals surface area contributed by atoms with E-state index in [-0.39, 0.29) is 35.1 Å². The van der Waals surface area contributed by atoms with Crippen LogP contribution in [0.4, 0.5) is 10.5 Å². The maximum atomic E-state index is 12.2. The fraction of sp³-hybridized carbons (Fsp3) is 0.476. The van der Waals surface area contributed by atoms with E-state index < -0.39 is 6.10 Å². The van der Waals surface area contributed by atoms with Crippen molar-refractivity contribution in [1.29, 1.82) is 0 Å². The number of methoxy groups -OCH3 is 1. The van der Waals surface area contributed by atoms with Crippen LogP contribution < -0.4 is 15.6 Å². The van der Waals surface area contributed by atoms with Crippen molar-refractivity contribution >= 4 is 34.4 Å². The number of carbonyl (C=O) groups is 1. The van der Waals surface area contributed by atoms with Gasteiger partial charge in [0.1, 0.15) is 23.5 Å². The molecule has 2 N–H and O–H groups in total. The minimum absolute atomic E-state index is 0.0285. The molecule has 0 spiro atoms. The Hall–Kier alpha value is -2.23. The van der Waals surface area contributed by atoms with Crippen LogP contribution in [0.15, 0.2) is 34.1 Å². The lowest BCUT2D eigenvalue weighted by Crippen LogP contribution is -2.29. The van der Waals surface area contributed by atoms with Gasteiger partial charge in [-0.3, -0.25) is 4.79 Å². The van der Waals surface area contributed by atoms with Gasteiger partial charge in [0.05, 0.1) is 25.0 Å². The highest BCUT2D eigenvalue weighted by atomic mass is 35.5. The molecule has 0 aliphatic carbocycles. The van der Waals surface area contributed by atoms with Gasteiger partial charge in [-0.2, -0.15) is 5.10 Å². The average Bonchev–Trinajstić information content (AvgIpc) is 2.74. The molecule has 1 atom stereocenters. The lowest BCUT2D eigenvalue weighted by atomic mass is 10.1. The minimum Gasteiger partial charge on any atom is -0.491 e. The van der Waals surface area contributed by atoms with Crippen molar-refractivity contribution in [2.45, 2.75) is 50.7 Å². The fourth-order valence-corrected chi connectivity index (χ4v) is 3.59. The molecule has 1 aromatic heterocycles. The van der Waals surface area contributed by atoms with E-state index in [1.165, 1.54) is 18.0 Å². The van der Waals surface area contributed by atoms with Gasteiger partial charge in [0, 0.05) is 11.4 Å². The lowest BCUT2D eigenvalue weighted by molar-refractivity contribution is 0.117. The number of aromatic nitrogens is 2. The summed E-state index contributed by atoms with van der Waals surface area (Å²) >= 11 is 7.14. The van der Waals surface area contributed by atoms with E-state index in [1.54, 1.807) is 12.1 Å². The number of hydrogen-bond donors (Lipinski definition) is 2. The topological polar surface area (TPSA) is 103 Å². The number of hydrogen-bond acceptors (Lipinski definition) is 8. The van der Waals surface area contributed by atoms with Crippen molar-refractivity contribution in [2.75, 3.05) is 25.6 Å². The Balaban J connectivity index is 1.98. The SMILES string of the molecule is CCCc1cc(SC(=O)OC)ccc1OCC(O)CNc1cnn(C(C)C)c(=O)c1Cl. The molecule has 2 aromatic rings. The molecule has 170 valence electrons. The summed E-state index contributed by atoms with van der Waals surface area (Å²) in [7, 11) is 1.34. The molecule has 1 unspecified atom stereocenters. The maximum Gasteiger partial charge on any atom is 0.371 e. The van der Waals surface area contributed by atoms with Crippen LogP contribution in [-0.2, 0) is 11.2 Å². The normalized spacial score (nSPS) is 12.0. The predicted octanol–water partition coefficient (Wildman–Crippen LogP) is 4.14. The van der Waals surface area contributed by atoms with Crippen LogP contribution >= 0.6 is 23.4 Å². The molecule has 0 bridgehead atoms. The number of nitrogens with one attached hydrogen (secondary N) is 1. The van der Waals surface area contributed by atoms with Crippen molar-refractivity contribution in [3.8, 4) is 5.75 Å². The van der Waals surface area contributed by atoms with E-state index in [0.29, 0.717) is 11.4 Å². The third-order valence-corrected chi connectivity index (χ3v) is 5.50. The standard InChI is InChI=1S/C21H28ClN3O5S/c1-5-6-14-9-16(31-21(28)29-4)7-8-18(14)30-12-15(26)10-23-17-11-24-25(13(2)3)20(27)19(17)22/h7-9,11,13,15,23,26H,5-6,10,12H2,1-4H3. The molecule has 0 fully saturated rings. The Kier molecular flexibility index (Phi) is 9.67. The number of aryl methyl sites for hydroxylation is 1. The molecular formula is C21H28ClN3O5S. The lowest BCUT2D eigenvalue weighted by Gasteiger charge is -2.17. The van der Waals surface area contributed by atoms with Gasteiger partial charge in [-0.1, -0.05) is 24.9 Å². The summed E-state index contributed by atoms with van der Waals surface area (Å²) in [6.07, 6.45) is 2.29. The van der Waals surface area contributed by atoms with E-state index in [4.69, 9.17) is 16.3 Å². The summed E-state index contributed by atoms with van der Waals surface area (Å²) < 4.78 is 11.8. The van der Waals surface area contributed by atoms with Gasteiger partial charge >= 0.3 is 5.30 Å². The van der Waals surface area contributed by atoms with E-state index in [0.717, 1.165) is 35.1 Å². The summed E-state index contributed by atoms with van der Waals surface area (Å²) in [5.74, 6) is 0.648. The molecule has 8 nitrogen and oxygen atoms in total. The van der Waals surface area contributed by atoms with Crippen molar-refractivity contribution in [2.24, 2.45) is 0 Å². The first-order chi connectivity index (χ1) is 14.8. The first-order valence-electron chi connectivity index (χ1n) is 9.97. The molecule has 31 heavy (non-hydrogen) atoms. The number of thioether (sulfide) groups is 1. The van der Waals surface area contributed by atoms with Crippen LogP contribution in [0, 0.1) is 0 Å². The zero-order chi connectivity index (χ0) is 23.0. The van der Waals surface area contributed by atoms with Gasteiger partial charge < -0.3 is 19.9 Å². The highest BCUT2D eigenvalue weighted by molar-refractivity contribution is 8.13. The number of benzene rings is 1. The minimum atomic E-state index is -0.845. The molecule has 1 heterocycles. The van der Waals surface area contributed by atoms with Gasteiger partial charge in [-0.25, -0.2) is 9.48 Å². The Bertz CT molecular complexity index is 951. The quantitative estimate of drug-likeness (QED) is 0.395. The monoisotopic (exact) mass is 469 g/mol. The smallest absolute Gasteiger partial charge is 0.371 e. The highest BCUT2D eigenvalue weighted by Gasteiger charge is 2.14. The molecule has 0 radical (unpaired) electrons. The zero-order valence-corrected chi connectivity index (χ0v) is 19.6. The summed E-state index contributed by atoms with van der Waals surface area (Å²) in [6, 6.07) is 5.34. The number of nitrogens with zero attached hydrogens (tertiary/aromatic N) is 2. The van der Waals surface area contributed by atoms with Crippen LogP contribution in [0.25, 0.3) is 0 Å². The third kappa shape index (κ3) is 7.15. The van der Waals surface area contributed by atoms with Crippen LogP contribution in [0.1, 0.15) is 38.8 Å². The maximum absolute atomic E-state index is 12.2. The second-order valence-corrected chi connectivity index (χ2v) is 8.52. The van der Waals surface area contributed by atoms with Gasteiger partial charge in [0.25, 0.3) is 5.56 Å². The Morgan fingerprint density at radius 1 is 1.39 bits per heavy atom. The molecular weight excluding hydrogens is 442 g/mol. The van der Waals surface area contributed by atoms with Gasteiger partial charge in [0.2, 0.25) is 0 Å². The first kappa shape index (κ1) is 25.0. The molecule has 0 aliphatic rings. The molecule has 10 heteroatoms. The molecule has 1 aromatic carbocycles. The van der Waals surface area contributed by atoms with Crippen LogP contribution in [-0.4, -0.2) is 46.6 Å². The summed E-state index contributed by atoms with van der Waals surface area (Å²) in [4.78, 5) is 24.4. The Morgan fingerprint density at radius 3 is 2.77 bits per heavy atom. The van der Waals surface area contributed by atoms with Gasteiger partial charge in [-0.05, 0) is 55.8 Å². The summed E-state index contributed by atoms with van der Waals surface area (Å²) in [5, 5.41) is 17.0. The Labute approximate surface area is 190 Å². The number of aliphatic hydroxyl groups excluding tert-OH is 1. The Morgan fingerprint density at radius 2 is 2.13 bits per heavy atom. The van der Waals surface area contributed by atoms with Crippen molar-refractivity contribution in [3.05, 3.63) is 45.3 Å². The number of ether oxygens (including phenoxy) is 2. The number of anilines is 1. The number of carbonyl (C=O) groups excluding carboxylic acids is 1. The van der Waals surface area contributed by atoms with Crippen LogP contribution in [0.3, 0.4) is 0 Å². The van der Waals surface area contributed by atoms with Crippen LogP contribution in [0.2, 0.25) is 5.02 Å². The molecule has 0 amide bonds. The molecule has 0 aliphatic heterocycles. The molecule has 0 saturated carbocycles. The third-order valence-electron chi connectivity index (χ3n) is 4.31. The van der Waals surface area contributed by atoms with Gasteiger partial charge in [0.15, 0.2) is 0 Å². The summed E-state index contributed by atoms with van der Waals surface area (Å²) in [6.45, 7) is 5.90. The van der Waals surface area contributed by atoms with E-state index in [9.17, 15) is 14.7 Å². The number of halogens is 1. The summed E-state index contributed by atoms with van der Waals surface area (Å²) in [5.41, 5.74) is 0.918. The number of rotatable bonds is 10. The van der Waals surface area contributed by atoms with E-state index in [1.807, 2.05) is 26.8 Å². The first-order valence-corrected chi connectivity index (χ1v) is 11.2. The highest BCUT2D eigenvalue weighted by Crippen LogP contribution is 2.28. The van der Waals surface area contributed by atoms with Gasteiger partial charge in [-0.15, -0.1) is 0 Å². The number of aliphatic hydroxyl groups is 1. The van der Waals surface area contributed by atoms with E-state index in [2.05, 4.69) is 15.2 Å². The average molecular weight is 470 g/mol. The molecule has 2 rings (SSSR count). The fourth-order valence-electron chi connectivity index (χ4n) is 2.77. The van der Waals surface area contributed by atoms with Crippen LogP contribution in [0.5, 0.6) is 5.75 Å².